The number of nitrogens with one attached hydrogen (secondary N) is 3. The second kappa shape index (κ2) is 10.5. The van der Waals surface area contributed by atoms with Gasteiger partial charge in [0.15, 0.2) is 11.5 Å². The summed E-state index contributed by atoms with van der Waals surface area (Å²) in [6.45, 7) is 7.11. The van der Waals surface area contributed by atoms with E-state index in [4.69, 9.17) is 14.2 Å². The first-order valence-electron chi connectivity index (χ1n) is 10.8. The van der Waals surface area contributed by atoms with Crippen molar-refractivity contribution in [1.29, 1.82) is 0 Å². The molecule has 0 aliphatic carbocycles. The molecule has 1 atom stereocenters. The number of rotatable bonds is 8. The van der Waals surface area contributed by atoms with Crippen molar-refractivity contribution in [2.75, 3.05) is 61.1 Å². The highest BCUT2D eigenvalue weighted by Crippen LogP contribution is 2.38. The third-order valence-electron chi connectivity index (χ3n) is 6.11. The van der Waals surface area contributed by atoms with E-state index in [0.29, 0.717) is 29.4 Å². The van der Waals surface area contributed by atoms with Crippen LogP contribution in [0.3, 0.4) is 0 Å². The van der Waals surface area contributed by atoms with E-state index in [1.807, 2.05) is 0 Å². The highest BCUT2D eigenvalue weighted by Gasteiger charge is 2.30. The Bertz CT molecular complexity index is 852. The smallest absolute Gasteiger partial charge is 0.251 e. The lowest BCUT2D eigenvalue weighted by Crippen LogP contribution is -3.27. The van der Waals surface area contributed by atoms with Crippen molar-refractivity contribution in [2.24, 2.45) is 0 Å². The molecular formula is C24H35N3O4+2. The summed E-state index contributed by atoms with van der Waals surface area (Å²) in [5.74, 6) is 1.25. The highest BCUT2D eigenvalue weighted by molar-refractivity contribution is 5.95. The Labute approximate surface area is 184 Å². The SMILES string of the molecule is COc1cc(C(=O)NC[C@H](c2ccc(C)cc2)[NH+]2CC[NH+](C)CC2)cc(OC)c1OC. The minimum atomic E-state index is -0.157. The molecule has 1 aliphatic rings. The van der Waals surface area contributed by atoms with E-state index in [1.165, 1.54) is 16.0 Å². The summed E-state index contributed by atoms with van der Waals surface area (Å²) in [7, 11) is 6.88. The number of carbonyl (C=O) groups is 1. The van der Waals surface area contributed by atoms with Crippen molar-refractivity contribution in [3.63, 3.8) is 0 Å². The normalized spacial score (nSPS) is 19.4. The van der Waals surface area contributed by atoms with Crippen LogP contribution in [-0.2, 0) is 0 Å². The Morgan fingerprint density at radius 3 is 2.06 bits per heavy atom. The van der Waals surface area contributed by atoms with Crippen molar-refractivity contribution in [1.82, 2.24) is 5.32 Å². The summed E-state index contributed by atoms with van der Waals surface area (Å²) in [6, 6.07) is 12.2. The van der Waals surface area contributed by atoms with Crippen molar-refractivity contribution in [3.8, 4) is 17.2 Å². The lowest BCUT2D eigenvalue weighted by atomic mass is 10.0. The molecule has 1 heterocycles. The van der Waals surface area contributed by atoms with Gasteiger partial charge in [0, 0.05) is 11.1 Å². The van der Waals surface area contributed by atoms with Crippen molar-refractivity contribution in [2.45, 2.75) is 13.0 Å². The van der Waals surface area contributed by atoms with Crippen LogP contribution in [0.4, 0.5) is 0 Å². The maximum atomic E-state index is 13.0. The highest BCUT2D eigenvalue weighted by atomic mass is 16.5. The number of benzene rings is 2. The van der Waals surface area contributed by atoms with Crippen LogP contribution in [-0.4, -0.2) is 67.0 Å². The van der Waals surface area contributed by atoms with Crippen molar-refractivity contribution < 1.29 is 28.8 Å². The number of quaternary nitrogens is 2. The zero-order valence-corrected chi connectivity index (χ0v) is 19.2. The Hall–Kier alpha value is -2.77. The second-order valence-electron chi connectivity index (χ2n) is 8.20. The van der Waals surface area contributed by atoms with Crippen LogP contribution in [0, 0.1) is 6.92 Å². The van der Waals surface area contributed by atoms with Crippen LogP contribution in [0.15, 0.2) is 36.4 Å². The molecule has 0 spiro atoms. The molecule has 7 nitrogen and oxygen atoms in total. The predicted octanol–water partition coefficient (Wildman–Crippen LogP) is -0.0949. The van der Waals surface area contributed by atoms with Crippen molar-refractivity contribution >= 4 is 5.91 Å². The molecule has 168 valence electrons. The fourth-order valence-corrected chi connectivity index (χ4v) is 4.15. The standard InChI is InChI=1S/C24H33N3O4/c1-17-6-8-18(9-7-17)20(27-12-10-26(2)11-13-27)16-25-24(28)19-14-21(29-3)23(31-5)22(15-19)30-4/h6-9,14-15,20H,10-13,16H2,1-5H3,(H,25,28)/p+2/t20-/m1/s1. The predicted molar refractivity (Wildman–Crippen MR) is 120 cm³/mol. The summed E-state index contributed by atoms with van der Waals surface area (Å²) in [4.78, 5) is 16.1. The lowest BCUT2D eigenvalue weighted by Gasteiger charge is -2.33. The number of hydrogen-bond donors (Lipinski definition) is 3. The molecule has 0 unspecified atom stereocenters. The molecule has 3 rings (SSSR count). The van der Waals surface area contributed by atoms with Gasteiger partial charge in [-0.1, -0.05) is 29.8 Å². The first-order valence-corrected chi connectivity index (χ1v) is 10.8. The van der Waals surface area contributed by atoms with Gasteiger partial charge in [-0.25, -0.2) is 0 Å². The van der Waals surface area contributed by atoms with Gasteiger partial charge < -0.3 is 29.3 Å². The molecule has 1 saturated heterocycles. The average Bonchev–Trinajstić information content (AvgIpc) is 2.80. The number of piperazine rings is 1. The van der Waals surface area contributed by atoms with E-state index >= 15 is 0 Å². The van der Waals surface area contributed by atoms with Gasteiger partial charge in [-0.2, -0.15) is 0 Å². The molecule has 0 saturated carbocycles. The summed E-state index contributed by atoms with van der Waals surface area (Å²) in [5.41, 5.74) is 2.97. The van der Waals surface area contributed by atoms with Crippen LogP contribution >= 0.6 is 0 Å². The summed E-state index contributed by atoms with van der Waals surface area (Å²) in [6.07, 6.45) is 0. The first kappa shape index (κ1) is 22.9. The van der Waals surface area contributed by atoms with E-state index in [-0.39, 0.29) is 11.9 Å². The van der Waals surface area contributed by atoms with Gasteiger partial charge in [-0.3, -0.25) is 4.79 Å². The molecule has 0 aromatic heterocycles. The van der Waals surface area contributed by atoms with Gasteiger partial charge in [0.25, 0.3) is 5.91 Å². The summed E-state index contributed by atoms with van der Waals surface area (Å²) < 4.78 is 16.1. The van der Waals surface area contributed by atoms with Crippen LogP contribution in [0.25, 0.3) is 0 Å². The van der Waals surface area contributed by atoms with E-state index in [9.17, 15) is 4.79 Å². The molecule has 3 N–H and O–H groups in total. The number of aryl methyl sites for hydroxylation is 1. The number of carbonyl (C=O) groups excluding carboxylic acids is 1. The third-order valence-corrected chi connectivity index (χ3v) is 6.11. The van der Waals surface area contributed by atoms with Crippen LogP contribution in [0.2, 0.25) is 0 Å². The van der Waals surface area contributed by atoms with E-state index < -0.39 is 0 Å². The molecule has 31 heavy (non-hydrogen) atoms. The fraction of sp³-hybridized carbons (Fsp3) is 0.458. The van der Waals surface area contributed by atoms with E-state index in [1.54, 1.807) is 38.4 Å². The van der Waals surface area contributed by atoms with Crippen molar-refractivity contribution in [3.05, 3.63) is 53.1 Å². The lowest BCUT2D eigenvalue weighted by molar-refractivity contribution is -1.02. The van der Waals surface area contributed by atoms with Gasteiger partial charge in [0.05, 0.1) is 34.9 Å². The maximum Gasteiger partial charge on any atom is 0.251 e. The van der Waals surface area contributed by atoms with E-state index in [0.717, 1.165) is 26.2 Å². The Balaban J connectivity index is 1.79. The minimum Gasteiger partial charge on any atom is -0.493 e. The molecule has 1 amide bonds. The van der Waals surface area contributed by atoms with Gasteiger partial charge in [0.1, 0.15) is 32.2 Å². The number of ether oxygens (including phenoxy) is 3. The minimum absolute atomic E-state index is 0.157. The number of methoxy groups -OCH3 is 3. The molecule has 2 aromatic rings. The molecule has 7 heteroatoms. The van der Waals surface area contributed by atoms with Crippen LogP contribution < -0.4 is 29.3 Å². The second-order valence-corrected chi connectivity index (χ2v) is 8.20. The fourth-order valence-electron chi connectivity index (χ4n) is 4.15. The largest absolute Gasteiger partial charge is 0.493 e. The first-order chi connectivity index (χ1) is 15.0. The number of likely N-dealkylation sites (N-methyl/N-ethyl adjacent to an activating group) is 1. The Kier molecular flexibility index (Phi) is 7.76. The molecule has 0 radical (unpaired) electrons. The van der Waals surface area contributed by atoms with E-state index in [2.05, 4.69) is 43.6 Å². The summed E-state index contributed by atoms with van der Waals surface area (Å²) >= 11 is 0. The average molecular weight is 430 g/mol. The number of amides is 1. The molecule has 1 fully saturated rings. The van der Waals surface area contributed by atoms with Crippen LogP contribution in [0.1, 0.15) is 27.5 Å². The molecule has 1 aliphatic heterocycles. The Morgan fingerprint density at radius 2 is 1.55 bits per heavy atom. The van der Waals surface area contributed by atoms with Gasteiger partial charge in [0.2, 0.25) is 5.75 Å². The molecule has 0 bridgehead atoms. The zero-order chi connectivity index (χ0) is 22.4. The summed E-state index contributed by atoms with van der Waals surface area (Å²) in [5, 5.41) is 3.14. The molecule has 2 aromatic carbocycles. The number of hydrogen-bond acceptors (Lipinski definition) is 4. The monoisotopic (exact) mass is 429 g/mol. The maximum absolute atomic E-state index is 13.0. The van der Waals surface area contributed by atoms with Gasteiger partial charge in [-0.05, 0) is 19.1 Å². The molecular weight excluding hydrogens is 394 g/mol. The van der Waals surface area contributed by atoms with Gasteiger partial charge >= 0.3 is 0 Å². The van der Waals surface area contributed by atoms with Crippen LogP contribution in [0.5, 0.6) is 17.2 Å². The third kappa shape index (κ3) is 5.48. The Morgan fingerprint density at radius 1 is 0.968 bits per heavy atom. The topological polar surface area (TPSA) is 65.7 Å². The zero-order valence-electron chi connectivity index (χ0n) is 19.2. The van der Waals surface area contributed by atoms with Gasteiger partial charge in [-0.15, -0.1) is 0 Å². The quantitative estimate of drug-likeness (QED) is 0.549.